The van der Waals surface area contributed by atoms with Crippen LogP contribution in [0.5, 0.6) is 0 Å². The van der Waals surface area contributed by atoms with E-state index in [0.717, 1.165) is 47.7 Å². The number of hydrogen-bond acceptors (Lipinski definition) is 6. The third-order valence-corrected chi connectivity index (χ3v) is 6.70. The molecule has 6 heteroatoms. The molecule has 1 aromatic heterocycles. The first-order valence-corrected chi connectivity index (χ1v) is 13.2. The molecule has 3 aromatic rings. The molecule has 0 saturated heterocycles. The average molecular weight is 504 g/mol. The van der Waals surface area contributed by atoms with Crippen molar-refractivity contribution in [1.29, 1.82) is 0 Å². The zero-order chi connectivity index (χ0) is 26.8. The summed E-state index contributed by atoms with van der Waals surface area (Å²) in [6.45, 7) is 13.6. The van der Waals surface area contributed by atoms with E-state index >= 15 is 0 Å². The lowest BCUT2D eigenvalue weighted by atomic mass is 9.95. The molecule has 3 rings (SSSR count). The molecule has 0 fully saturated rings. The van der Waals surface area contributed by atoms with Crippen LogP contribution in [0.2, 0.25) is 0 Å². The van der Waals surface area contributed by atoms with E-state index in [0.29, 0.717) is 6.61 Å². The minimum Gasteiger partial charge on any atom is -0.458 e. The topological polar surface area (TPSA) is 64.5 Å². The van der Waals surface area contributed by atoms with Gasteiger partial charge in [-0.1, -0.05) is 74.5 Å². The number of carbonyl (C=O) groups excluding carboxylic acids is 1. The summed E-state index contributed by atoms with van der Waals surface area (Å²) in [6, 6.07) is 20.6. The van der Waals surface area contributed by atoms with Crippen molar-refractivity contribution in [2.24, 2.45) is 5.92 Å². The van der Waals surface area contributed by atoms with Gasteiger partial charge in [0, 0.05) is 30.3 Å². The fourth-order valence-electron chi connectivity index (χ4n) is 3.84. The molecule has 0 unspecified atom stereocenters. The minimum absolute atomic E-state index is 0.0170. The van der Waals surface area contributed by atoms with E-state index in [1.54, 1.807) is 0 Å². The van der Waals surface area contributed by atoms with Gasteiger partial charge in [-0.3, -0.25) is 4.98 Å². The minimum atomic E-state index is -0.492. The first-order valence-electron chi connectivity index (χ1n) is 13.2. The van der Waals surface area contributed by atoms with E-state index in [2.05, 4.69) is 43.0 Å². The van der Waals surface area contributed by atoms with E-state index in [9.17, 15) is 4.79 Å². The summed E-state index contributed by atoms with van der Waals surface area (Å²) in [4.78, 5) is 24.3. The van der Waals surface area contributed by atoms with Crippen LogP contribution in [0.15, 0.2) is 66.9 Å². The van der Waals surface area contributed by atoms with E-state index in [1.165, 1.54) is 0 Å². The van der Waals surface area contributed by atoms with Gasteiger partial charge in [-0.2, -0.15) is 0 Å². The number of nitrogens with zero attached hydrogens (tertiary/aromatic N) is 3. The van der Waals surface area contributed by atoms with Gasteiger partial charge >= 0.3 is 5.97 Å². The Morgan fingerprint density at radius 1 is 0.892 bits per heavy atom. The molecule has 6 nitrogen and oxygen atoms in total. The number of anilines is 1. The van der Waals surface area contributed by atoms with Crippen molar-refractivity contribution in [3.8, 4) is 22.5 Å². The maximum atomic E-state index is 12.1. The Morgan fingerprint density at radius 3 is 2.05 bits per heavy atom. The number of unbranched alkanes of at least 4 members (excludes halogenated alkanes) is 1. The fourth-order valence-corrected chi connectivity index (χ4v) is 3.84. The maximum Gasteiger partial charge on any atom is 0.332 e. The quantitative estimate of drug-likeness (QED) is 0.189. The highest BCUT2D eigenvalue weighted by Gasteiger charge is 2.26. The Bertz CT molecular complexity index is 1120. The van der Waals surface area contributed by atoms with E-state index in [-0.39, 0.29) is 24.5 Å². The summed E-state index contributed by atoms with van der Waals surface area (Å²) in [5.41, 5.74) is 3.35. The van der Waals surface area contributed by atoms with E-state index in [4.69, 9.17) is 19.4 Å². The highest BCUT2D eigenvalue weighted by Crippen LogP contribution is 2.31. The molecule has 0 aliphatic rings. The standard InChI is InChI=1S/C31H41N3O3/c1-23(2)31(5,6)37-28(35)22-36-20-14-13-19-34(24(3)4)27-21-32-29(25-15-9-7-10-16-25)30(33-27)26-17-11-8-12-18-26/h7-12,15-18,21,23-24H,13-14,19-20,22H2,1-6H3. The molecule has 0 aliphatic carbocycles. The molecule has 0 atom stereocenters. The molecule has 0 saturated carbocycles. The predicted molar refractivity (Wildman–Crippen MR) is 150 cm³/mol. The van der Waals surface area contributed by atoms with Crippen LogP contribution in [0.4, 0.5) is 5.82 Å². The number of hydrogen-bond donors (Lipinski definition) is 0. The molecule has 1 heterocycles. The normalized spacial score (nSPS) is 11.7. The Labute approximate surface area is 222 Å². The van der Waals surface area contributed by atoms with Crippen LogP contribution in [-0.4, -0.2) is 47.3 Å². The van der Waals surface area contributed by atoms with Gasteiger partial charge in [0.25, 0.3) is 0 Å². The molecule has 198 valence electrons. The number of rotatable bonds is 13. The third kappa shape index (κ3) is 8.12. The first-order chi connectivity index (χ1) is 17.7. The van der Waals surface area contributed by atoms with Crippen LogP contribution < -0.4 is 4.90 Å². The molecule has 0 radical (unpaired) electrons. The number of carbonyl (C=O) groups is 1. The van der Waals surface area contributed by atoms with Crippen molar-refractivity contribution < 1.29 is 14.3 Å². The molecule has 2 aromatic carbocycles. The molecule has 0 bridgehead atoms. The monoisotopic (exact) mass is 503 g/mol. The Balaban J connectivity index is 1.63. The number of benzene rings is 2. The molecule has 0 amide bonds. The lowest BCUT2D eigenvalue weighted by molar-refractivity contribution is -0.165. The largest absolute Gasteiger partial charge is 0.458 e. The van der Waals surface area contributed by atoms with Crippen molar-refractivity contribution in [3.05, 3.63) is 66.9 Å². The molecular weight excluding hydrogens is 462 g/mol. The zero-order valence-corrected chi connectivity index (χ0v) is 23.1. The molecular formula is C31H41N3O3. The van der Waals surface area contributed by atoms with Gasteiger partial charge in [0.1, 0.15) is 18.0 Å². The second kappa shape index (κ2) is 13.3. The first kappa shape index (κ1) is 28.3. The predicted octanol–water partition coefficient (Wildman–Crippen LogP) is 6.80. The van der Waals surface area contributed by atoms with Gasteiger partial charge in [0.15, 0.2) is 0 Å². The zero-order valence-electron chi connectivity index (χ0n) is 23.1. The van der Waals surface area contributed by atoms with Crippen molar-refractivity contribution >= 4 is 11.8 Å². The van der Waals surface area contributed by atoms with Crippen molar-refractivity contribution in [2.75, 3.05) is 24.7 Å². The number of esters is 1. The second-order valence-electron chi connectivity index (χ2n) is 10.4. The van der Waals surface area contributed by atoms with Crippen LogP contribution in [0, 0.1) is 5.92 Å². The summed E-state index contributed by atoms with van der Waals surface area (Å²) in [5, 5.41) is 0. The SMILES string of the molecule is CC(C)N(CCCCOCC(=O)OC(C)(C)C(C)C)c1cnc(-c2ccccc2)c(-c2ccccc2)n1. The van der Waals surface area contributed by atoms with E-state index in [1.807, 2.05) is 70.3 Å². The van der Waals surface area contributed by atoms with Crippen LogP contribution in [0.3, 0.4) is 0 Å². The molecule has 0 aliphatic heterocycles. The molecule has 0 N–H and O–H groups in total. The van der Waals surface area contributed by atoms with Crippen molar-refractivity contribution in [1.82, 2.24) is 9.97 Å². The summed E-state index contributed by atoms with van der Waals surface area (Å²) in [6.07, 6.45) is 3.62. The Kier molecular flexibility index (Phi) is 10.2. The highest BCUT2D eigenvalue weighted by atomic mass is 16.6. The maximum absolute atomic E-state index is 12.1. The number of aromatic nitrogens is 2. The van der Waals surface area contributed by atoms with Gasteiger partial charge in [-0.25, -0.2) is 9.78 Å². The smallest absolute Gasteiger partial charge is 0.332 e. The van der Waals surface area contributed by atoms with Crippen molar-refractivity contribution in [3.63, 3.8) is 0 Å². The van der Waals surface area contributed by atoms with Gasteiger partial charge in [0.2, 0.25) is 0 Å². The average Bonchev–Trinajstić information content (AvgIpc) is 2.88. The summed E-state index contributed by atoms with van der Waals surface area (Å²) in [7, 11) is 0. The second-order valence-corrected chi connectivity index (χ2v) is 10.4. The number of ether oxygens (including phenoxy) is 2. The van der Waals surface area contributed by atoms with Crippen LogP contribution >= 0.6 is 0 Å². The van der Waals surface area contributed by atoms with Crippen LogP contribution in [-0.2, 0) is 14.3 Å². The van der Waals surface area contributed by atoms with Gasteiger partial charge in [-0.05, 0) is 46.5 Å². The Hall–Kier alpha value is -3.25. The molecule has 37 heavy (non-hydrogen) atoms. The van der Waals surface area contributed by atoms with Gasteiger partial charge in [0.05, 0.1) is 17.6 Å². The van der Waals surface area contributed by atoms with Gasteiger partial charge < -0.3 is 14.4 Å². The van der Waals surface area contributed by atoms with Crippen LogP contribution in [0.1, 0.15) is 54.4 Å². The lowest BCUT2D eigenvalue weighted by Gasteiger charge is -2.29. The van der Waals surface area contributed by atoms with Crippen LogP contribution in [0.25, 0.3) is 22.5 Å². The Morgan fingerprint density at radius 2 is 1.49 bits per heavy atom. The van der Waals surface area contributed by atoms with Crippen molar-refractivity contribution in [2.45, 2.75) is 66.0 Å². The highest BCUT2D eigenvalue weighted by molar-refractivity contribution is 5.78. The summed E-state index contributed by atoms with van der Waals surface area (Å²) >= 11 is 0. The lowest BCUT2D eigenvalue weighted by Crippen LogP contribution is -2.35. The van der Waals surface area contributed by atoms with E-state index < -0.39 is 5.60 Å². The summed E-state index contributed by atoms with van der Waals surface area (Å²) < 4.78 is 11.1. The molecule has 0 spiro atoms. The fraction of sp³-hybridized carbons (Fsp3) is 0.452. The summed E-state index contributed by atoms with van der Waals surface area (Å²) in [5.74, 6) is 0.782. The van der Waals surface area contributed by atoms with Gasteiger partial charge in [-0.15, -0.1) is 0 Å². The third-order valence-electron chi connectivity index (χ3n) is 6.70.